The second-order valence-corrected chi connectivity index (χ2v) is 10.3. The van der Waals surface area contributed by atoms with E-state index in [1.165, 1.54) is 5.56 Å². The van der Waals surface area contributed by atoms with Gasteiger partial charge in [0.2, 0.25) is 0 Å². The number of aromatic nitrogens is 2. The average molecular weight is 501 g/mol. The van der Waals surface area contributed by atoms with Crippen molar-refractivity contribution >= 4 is 38.2 Å². The van der Waals surface area contributed by atoms with Gasteiger partial charge in [0.15, 0.2) is 0 Å². The van der Waals surface area contributed by atoms with E-state index >= 15 is 0 Å². The monoisotopic (exact) mass is 500 g/mol. The van der Waals surface area contributed by atoms with Crippen LogP contribution >= 0.6 is 0 Å². The summed E-state index contributed by atoms with van der Waals surface area (Å²) in [4.78, 5) is 19.5. The molecule has 0 N–H and O–H groups in total. The lowest BCUT2D eigenvalue weighted by Crippen LogP contribution is -2.13. The number of nitrogens with zero attached hydrogens (tertiary/aromatic N) is 2. The summed E-state index contributed by atoms with van der Waals surface area (Å²) in [6.45, 7) is 0. The summed E-state index contributed by atoms with van der Waals surface area (Å²) >= 11 is 0. The fourth-order valence-electron chi connectivity index (χ4n) is 6.23. The van der Waals surface area contributed by atoms with E-state index in [-0.39, 0.29) is 11.5 Å². The van der Waals surface area contributed by atoms with Gasteiger partial charge < -0.3 is 0 Å². The topological polar surface area (TPSA) is 34.4 Å². The molecule has 3 nitrogen and oxygen atoms in total. The highest BCUT2D eigenvalue weighted by molar-refractivity contribution is 6.19. The zero-order chi connectivity index (χ0) is 25.9. The molecule has 8 rings (SSSR count). The van der Waals surface area contributed by atoms with Crippen molar-refractivity contribution in [2.45, 2.75) is 12.3 Å². The average Bonchev–Trinajstić information content (AvgIpc) is 3.40. The minimum absolute atomic E-state index is 0.0222. The molecule has 184 valence electrons. The molecule has 0 radical (unpaired) electrons. The molecule has 0 bridgehead atoms. The number of fused-ring (bicyclic) bond motifs is 4. The van der Waals surface area contributed by atoms with Crippen LogP contribution in [0.25, 0.3) is 60.5 Å². The minimum atomic E-state index is -0.0222. The number of rotatable bonds is 3. The highest BCUT2D eigenvalue weighted by Gasteiger charge is 2.21. The molecule has 0 fully saturated rings. The van der Waals surface area contributed by atoms with Gasteiger partial charge in [-0.3, -0.25) is 9.20 Å². The van der Waals surface area contributed by atoms with E-state index < -0.39 is 0 Å². The van der Waals surface area contributed by atoms with Gasteiger partial charge in [0.1, 0.15) is 5.65 Å². The van der Waals surface area contributed by atoms with Crippen molar-refractivity contribution in [2.75, 3.05) is 0 Å². The highest BCUT2D eigenvalue weighted by Crippen LogP contribution is 2.39. The number of allylic oxidation sites excluding steroid dienone is 4. The maximum absolute atomic E-state index is 14.3. The Bertz CT molecular complexity index is 2160. The predicted octanol–water partition coefficient (Wildman–Crippen LogP) is 8.53. The van der Waals surface area contributed by atoms with E-state index in [4.69, 9.17) is 4.98 Å². The summed E-state index contributed by atoms with van der Waals surface area (Å²) in [6, 6.07) is 35.6. The maximum atomic E-state index is 14.3. The second kappa shape index (κ2) is 8.50. The molecule has 2 heterocycles. The molecular formula is C36H24N2O. The SMILES string of the molecule is O=c1c2cccc3c(-c4ccccc4)ccc(c32)c2nc3c(-c4ccccc4)cc(C4C=CC=CC4)cc3n12. The third-order valence-corrected chi connectivity index (χ3v) is 8.08. The summed E-state index contributed by atoms with van der Waals surface area (Å²) in [6.07, 6.45) is 9.59. The quantitative estimate of drug-likeness (QED) is 0.244. The van der Waals surface area contributed by atoms with Gasteiger partial charge in [-0.25, -0.2) is 4.98 Å². The molecule has 39 heavy (non-hydrogen) atoms. The lowest BCUT2D eigenvalue weighted by atomic mass is 9.89. The van der Waals surface area contributed by atoms with Crippen molar-refractivity contribution in [1.29, 1.82) is 0 Å². The van der Waals surface area contributed by atoms with E-state index in [9.17, 15) is 4.79 Å². The maximum Gasteiger partial charge on any atom is 0.264 e. The molecular weight excluding hydrogens is 476 g/mol. The largest absolute Gasteiger partial charge is 0.268 e. The Kier molecular flexibility index (Phi) is 4.80. The summed E-state index contributed by atoms with van der Waals surface area (Å²) < 4.78 is 1.84. The first-order chi connectivity index (χ1) is 19.3. The molecule has 1 aliphatic carbocycles. The Balaban J connectivity index is 1.51. The van der Waals surface area contributed by atoms with Crippen molar-refractivity contribution in [2.24, 2.45) is 0 Å². The van der Waals surface area contributed by atoms with Gasteiger partial charge in [0.25, 0.3) is 5.56 Å². The van der Waals surface area contributed by atoms with Crippen LogP contribution in [0.3, 0.4) is 0 Å². The molecule has 5 aromatic carbocycles. The fraction of sp³-hybridized carbons (Fsp3) is 0.0556. The number of hydrogen-bond donors (Lipinski definition) is 0. The van der Waals surface area contributed by atoms with Gasteiger partial charge in [-0.2, -0.15) is 0 Å². The molecule has 2 aromatic heterocycles. The van der Waals surface area contributed by atoms with Gasteiger partial charge in [0.05, 0.1) is 11.0 Å². The van der Waals surface area contributed by atoms with Crippen LogP contribution in [-0.2, 0) is 0 Å². The molecule has 0 saturated heterocycles. The van der Waals surface area contributed by atoms with Gasteiger partial charge in [-0.15, -0.1) is 0 Å². The van der Waals surface area contributed by atoms with Crippen molar-refractivity contribution in [3.8, 4) is 22.3 Å². The van der Waals surface area contributed by atoms with Crippen LogP contribution in [0.15, 0.2) is 132 Å². The van der Waals surface area contributed by atoms with E-state index in [0.29, 0.717) is 5.65 Å². The van der Waals surface area contributed by atoms with Crippen LogP contribution in [0.5, 0.6) is 0 Å². The van der Waals surface area contributed by atoms with Crippen LogP contribution in [0, 0.1) is 0 Å². The van der Waals surface area contributed by atoms with Crippen LogP contribution < -0.4 is 5.56 Å². The summed E-state index contributed by atoms with van der Waals surface area (Å²) in [7, 11) is 0. The van der Waals surface area contributed by atoms with Crippen LogP contribution in [0.2, 0.25) is 0 Å². The first-order valence-corrected chi connectivity index (χ1v) is 13.4. The Labute approximate surface area is 225 Å². The van der Waals surface area contributed by atoms with E-state index in [1.54, 1.807) is 0 Å². The second-order valence-electron chi connectivity index (χ2n) is 10.3. The Morgan fingerprint density at radius 2 is 1.44 bits per heavy atom. The molecule has 1 aliphatic rings. The summed E-state index contributed by atoms with van der Waals surface area (Å²) in [5, 5.41) is 3.77. The van der Waals surface area contributed by atoms with E-state index in [2.05, 4.69) is 103 Å². The standard InChI is InChI=1S/C36H24N2O/c39-36-30-18-10-17-28-27(24-13-6-2-7-14-24)19-20-29(33(28)30)35-37-34-31(25-15-8-3-9-16-25)21-26(22-32(34)38(35)36)23-11-4-1-5-12-23/h1-11,13-23H,12H2. The zero-order valence-corrected chi connectivity index (χ0v) is 21.2. The normalized spacial score (nSPS) is 15.2. The van der Waals surface area contributed by atoms with Crippen molar-refractivity contribution in [3.05, 3.63) is 143 Å². The summed E-state index contributed by atoms with van der Waals surface area (Å²) in [5.41, 5.74) is 8.03. The van der Waals surface area contributed by atoms with Crippen LogP contribution in [0.4, 0.5) is 0 Å². The van der Waals surface area contributed by atoms with Crippen molar-refractivity contribution < 1.29 is 0 Å². The van der Waals surface area contributed by atoms with Gasteiger partial charge in [0, 0.05) is 27.6 Å². The van der Waals surface area contributed by atoms with E-state index in [1.807, 2.05) is 28.7 Å². The van der Waals surface area contributed by atoms with Gasteiger partial charge >= 0.3 is 0 Å². The van der Waals surface area contributed by atoms with Crippen LogP contribution in [-0.4, -0.2) is 9.38 Å². The Morgan fingerprint density at radius 1 is 0.692 bits per heavy atom. The zero-order valence-electron chi connectivity index (χ0n) is 21.2. The first kappa shape index (κ1) is 22.0. The number of imidazole rings is 1. The Morgan fingerprint density at radius 3 is 2.18 bits per heavy atom. The number of hydrogen-bond acceptors (Lipinski definition) is 2. The molecule has 1 atom stereocenters. The highest BCUT2D eigenvalue weighted by atomic mass is 16.1. The Hall–Kier alpha value is -5.02. The first-order valence-electron chi connectivity index (χ1n) is 13.4. The molecule has 0 amide bonds. The molecule has 3 heteroatoms. The third kappa shape index (κ3) is 3.30. The van der Waals surface area contributed by atoms with Crippen LogP contribution in [0.1, 0.15) is 17.9 Å². The lowest BCUT2D eigenvalue weighted by molar-refractivity contribution is 0.855. The van der Waals surface area contributed by atoms with Crippen molar-refractivity contribution in [1.82, 2.24) is 9.38 Å². The number of pyridine rings is 1. The molecule has 0 aliphatic heterocycles. The van der Waals surface area contributed by atoms with E-state index in [0.717, 1.165) is 61.3 Å². The molecule has 0 saturated carbocycles. The fourth-order valence-corrected chi connectivity index (χ4v) is 6.23. The number of benzene rings is 5. The smallest absolute Gasteiger partial charge is 0.264 e. The molecule has 0 spiro atoms. The predicted molar refractivity (Wildman–Crippen MR) is 162 cm³/mol. The minimum Gasteiger partial charge on any atom is -0.268 e. The van der Waals surface area contributed by atoms with Crippen molar-refractivity contribution in [3.63, 3.8) is 0 Å². The van der Waals surface area contributed by atoms with Gasteiger partial charge in [-0.1, -0.05) is 103 Å². The molecule has 7 aromatic rings. The third-order valence-electron chi connectivity index (χ3n) is 8.08. The van der Waals surface area contributed by atoms with Gasteiger partial charge in [-0.05, 0) is 58.3 Å². The summed E-state index contributed by atoms with van der Waals surface area (Å²) in [5.74, 6) is 0.260. The molecule has 1 unspecified atom stereocenters. The lowest BCUT2D eigenvalue weighted by Gasteiger charge is -2.16.